The molecule has 1 aliphatic rings. The van der Waals surface area contributed by atoms with Crippen molar-refractivity contribution in [2.75, 3.05) is 6.54 Å². The van der Waals surface area contributed by atoms with Crippen molar-refractivity contribution in [1.82, 2.24) is 10.6 Å². The number of alkyl carbamates (subject to hydrolysis) is 1. The fourth-order valence-electron chi connectivity index (χ4n) is 3.15. The minimum Gasteiger partial charge on any atom is -0.445 e. The van der Waals surface area contributed by atoms with E-state index in [9.17, 15) is 9.90 Å². The highest BCUT2D eigenvalue weighted by atomic mass is 16.5. The van der Waals surface area contributed by atoms with Crippen molar-refractivity contribution in [3.8, 4) is 0 Å². The average molecular weight is 334 g/mol. The Balaban J connectivity index is 1.58. The Kier molecular flexibility index (Phi) is 6.63. The van der Waals surface area contributed by atoms with Gasteiger partial charge < -0.3 is 20.5 Å². The van der Waals surface area contributed by atoms with Crippen LogP contribution in [0.5, 0.6) is 0 Å². The molecule has 0 radical (unpaired) electrons. The number of carbonyl (C=O) groups excluding carboxylic acids is 1. The van der Waals surface area contributed by atoms with Gasteiger partial charge in [-0.25, -0.2) is 4.79 Å². The fraction of sp³-hybridized carbons (Fsp3) is 0.632. The molecule has 5 nitrogen and oxygen atoms in total. The van der Waals surface area contributed by atoms with Crippen LogP contribution in [0.2, 0.25) is 0 Å². The van der Waals surface area contributed by atoms with Crippen LogP contribution in [0.4, 0.5) is 4.79 Å². The summed E-state index contributed by atoms with van der Waals surface area (Å²) >= 11 is 0. The Morgan fingerprint density at radius 1 is 1.29 bits per heavy atom. The van der Waals surface area contributed by atoms with Gasteiger partial charge in [0, 0.05) is 18.6 Å². The molecule has 1 amide bonds. The lowest BCUT2D eigenvalue weighted by molar-refractivity contribution is 0.0310. The van der Waals surface area contributed by atoms with Gasteiger partial charge in [0.2, 0.25) is 0 Å². The number of aliphatic hydroxyl groups is 1. The predicted octanol–water partition coefficient (Wildman–Crippen LogP) is 2.83. The van der Waals surface area contributed by atoms with Crippen molar-refractivity contribution < 1.29 is 14.6 Å². The highest BCUT2D eigenvalue weighted by Crippen LogP contribution is 2.22. The molecule has 1 aliphatic carbocycles. The minimum atomic E-state index is -0.679. The van der Waals surface area contributed by atoms with E-state index >= 15 is 0 Å². The number of rotatable bonds is 8. The summed E-state index contributed by atoms with van der Waals surface area (Å²) in [5.41, 5.74) is 0.301. The third-order valence-electron chi connectivity index (χ3n) is 4.29. The van der Waals surface area contributed by atoms with Crippen molar-refractivity contribution in [1.29, 1.82) is 0 Å². The van der Waals surface area contributed by atoms with Crippen molar-refractivity contribution in [3.63, 3.8) is 0 Å². The van der Waals surface area contributed by atoms with E-state index in [0.29, 0.717) is 25.1 Å². The number of amides is 1. The average Bonchev–Trinajstić information content (AvgIpc) is 2.47. The third-order valence-corrected chi connectivity index (χ3v) is 4.29. The van der Waals surface area contributed by atoms with E-state index in [-0.39, 0.29) is 12.1 Å². The van der Waals surface area contributed by atoms with Crippen LogP contribution in [-0.2, 0) is 11.3 Å². The number of benzene rings is 1. The van der Waals surface area contributed by atoms with Crippen LogP contribution in [-0.4, -0.2) is 35.4 Å². The summed E-state index contributed by atoms with van der Waals surface area (Å²) in [7, 11) is 0. The smallest absolute Gasteiger partial charge is 0.407 e. The molecule has 1 aromatic rings. The van der Waals surface area contributed by atoms with E-state index in [1.165, 1.54) is 0 Å². The Morgan fingerprint density at radius 3 is 2.58 bits per heavy atom. The molecule has 1 fully saturated rings. The maximum absolute atomic E-state index is 11.8. The van der Waals surface area contributed by atoms with Gasteiger partial charge in [-0.1, -0.05) is 44.2 Å². The molecule has 0 spiro atoms. The first kappa shape index (κ1) is 18.7. The van der Waals surface area contributed by atoms with E-state index in [1.54, 1.807) is 0 Å². The summed E-state index contributed by atoms with van der Waals surface area (Å²) in [6.07, 6.45) is 2.16. The molecule has 0 aromatic heterocycles. The lowest BCUT2D eigenvalue weighted by Crippen LogP contribution is -2.55. The summed E-state index contributed by atoms with van der Waals surface area (Å²) in [4.78, 5) is 11.8. The zero-order valence-electron chi connectivity index (χ0n) is 14.9. The van der Waals surface area contributed by atoms with Crippen LogP contribution < -0.4 is 10.6 Å². The first-order chi connectivity index (χ1) is 11.3. The van der Waals surface area contributed by atoms with Gasteiger partial charge in [-0.15, -0.1) is 0 Å². The zero-order chi connectivity index (χ0) is 17.6. The zero-order valence-corrected chi connectivity index (χ0v) is 14.9. The van der Waals surface area contributed by atoms with Crippen LogP contribution in [0, 0.1) is 5.92 Å². The number of nitrogens with one attached hydrogen (secondary N) is 2. The summed E-state index contributed by atoms with van der Waals surface area (Å²) in [5.74, 6) is 0.469. The Morgan fingerprint density at radius 2 is 1.96 bits per heavy atom. The number of hydrogen-bond donors (Lipinski definition) is 3. The molecule has 1 aromatic carbocycles. The summed E-state index contributed by atoms with van der Waals surface area (Å²) in [6, 6.07) is 10.1. The highest BCUT2D eigenvalue weighted by Gasteiger charge is 2.32. The van der Waals surface area contributed by atoms with Gasteiger partial charge in [0.25, 0.3) is 0 Å². The lowest BCUT2D eigenvalue weighted by Gasteiger charge is -2.38. The number of ether oxygens (including phenoxy) is 1. The fourth-order valence-corrected chi connectivity index (χ4v) is 3.15. The van der Waals surface area contributed by atoms with Gasteiger partial charge in [-0.2, -0.15) is 0 Å². The largest absolute Gasteiger partial charge is 0.445 e. The molecule has 0 aliphatic heterocycles. The Bertz CT molecular complexity index is 511. The molecule has 1 saturated carbocycles. The van der Waals surface area contributed by atoms with Crippen molar-refractivity contribution >= 4 is 6.09 Å². The molecule has 24 heavy (non-hydrogen) atoms. The molecule has 3 N–H and O–H groups in total. The molecule has 0 bridgehead atoms. The van der Waals surface area contributed by atoms with E-state index in [0.717, 1.165) is 24.8 Å². The standard InChI is InChI=1S/C19H30N2O3/c1-14(2)11-19(3,23)13-20-16-9-17(10-16)21-18(22)24-12-15-7-5-4-6-8-15/h4-8,14,16-17,20,23H,9-13H2,1-3H3,(H,21,22). The second kappa shape index (κ2) is 8.49. The SMILES string of the molecule is CC(C)CC(C)(O)CNC1CC(NC(=O)OCc2ccccc2)C1. The normalized spacial score (nSPS) is 22.5. The topological polar surface area (TPSA) is 70.6 Å². The Hall–Kier alpha value is -1.59. The Labute approximate surface area is 144 Å². The monoisotopic (exact) mass is 334 g/mol. The van der Waals surface area contributed by atoms with Crippen LogP contribution in [0.25, 0.3) is 0 Å². The van der Waals surface area contributed by atoms with Gasteiger partial charge in [-0.3, -0.25) is 0 Å². The number of carbonyl (C=O) groups is 1. The molecule has 1 unspecified atom stereocenters. The maximum Gasteiger partial charge on any atom is 0.407 e. The van der Waals surface area contributed by atoms with Gasteiger partial charge in [-0.05, 0) is 37.7 Å². The van der Waals surface area contributed by atoms with Gasteiger partial charge >= 0.3 is 6.09 Å². The van der Waals surface area contributed by atoms with Crippen LogP contribution in [0.3, 0.4) is 0 Å². The molecular weight excluding hydrogens is 304 g/mol. The molecule has 0 saturated heterocycles. The molecule has 2 rings (SSSR count). The minimum absolute atomic E-state index is 0.154. The molecule has 1 atom stereocenters. The maximum atomic E-state index is 11.8. The second-order valence-corrected chi connectivity index (χ2v) is 7.55. The predicted molar refractivity (Wildman–Crippen MR) is 94.7 cm³/mol. The molecular formula is C19H30N2O3. The van der Waals surface area contributed by atoms with Gasteiger partial charge in [0.1, 0.15) is 6.61 Å². The van der Waals surface area contributed by atoms with Crippen molar-refractivity contribution in [2.24, 2.45) is 5.92 Å². The molecule has 5 heteroatoms. The first-order valence-corrected chi connectivity index (χ1v) is 8.77. The van der Waals surface area contributed by atoms with Crippen LogP contribution >= 0.6 is 0 Å². The van der Waals surface area contributed by atoms with Crippen LogP contribution in [0.15, 0.2) is 30.3 Å². The van der Waals surface area contributed by atoms with E-state index < -0.39 is 5.60 Å². The summed E-state index contributed by atoms with van der Waals surface area (Å²) in [5, 5.41) is 16.6. The van der Waals surface area contributed by atoms with Gasteiger partial charge in [0.15, 0.2) is 0 Å². The highest BCUT2D eigenvalue weighted by molar-refractivity contribution is 5.67. The first-order valence-electron chi connectivity index (χ1n) is 8.77. The van der Waals surface area contributed by atoms with Crippen LogP contribution in [0.1, 0.15) is 45.6 Å². The third kappa shape index (κ3) is 6.49. The van der Waals surface area contributed by atoms with Gasteiger partial charge in [0.05, 0.1) is 5.60 Å². The van der Waals surface area contributed by atoms with E-state index in [1.807, 2.05) is 37.3 Å². The van der Waals surface area contributed by atoms with Crippen molar-refractivity contribution in [2.45, 2.75) is 64.3 Å². The molecule has 0 heterocycles. The number of hydrogen-bond acceptors (Lipinski definition) is 4. The quantitative estimate of drug-likeness (QED) is 0.684. The second-order valence-electron chi connectivity index (χ2n) is 7.55. The van der Waals surface area contributed by atoms with E-state index in [2.05, 4.69) is 24.5 Å². The summed E-state index contributed by atoms with van der Waals surface area (Å²) < 4.78 is 5.22. The summed E-state index contributed by atoms with van der Waals surface area (Å²) in [6.45, 7) is 6.97. The lowest BCUT2D eigenvalue weighted by atomic mass is 9.85. The van der Waals surface area contributed by atoms with Crippen molar-refractivity contribution in [3.05, 3.63) is 35.9 Å². The van der Waals surface area contributed by atoms with E-state index in [4.69, 9.17) is 4.74 Å². The molecule has 134 valence electrons.